The molecule has 1 aliphatic rings. The molecule has 2 N–H and O–H groups in total. The van der Waals surface area contributed by atoms with Crippen LogP contribution in [0.2, 0.25) is 0 Å². The van der Waals surface area contributed by atoms with Crippen LogP contribution in [0.3, 0.4) is 0 Å². The van der Waals surface area contributed by atoms with E-state index in [0.717, 1.165) is 5.56 Å². The van der Waals surface area contributed by atoms with Gasteiger partial charge in [-0.15, -0.1) is 0 Å². The summed E-state index contributed by atoms with van der Waals surface area (Å²) in [6.07, 6.45) is 0. The minimum atomic E-state index is -0.00120. The van der Waals surface area contributed by atoms with Gasteiger partial charge in [-0.2, -0.15) is 0 Å². The Labute approximate surface area is 113 Å². The number of carbonyl (C=O) groups is 1. The van der Waals surface area contributed by atoms with E-state index in [-0.39, 0.29) is 18.6 Å². The predicted octanol–water partition coefficient (Wildman–Crippen LogP) is 0.771. The molecule has 0 aliphatic carbocycles. The van der Waals surface area contributed by atoms with Crippen molar-refractivity contribution in [3.63, 3.8) is 0 Å². The lowest BCUT2D eigenvalue weighted by molar-refractivity contribution is -0.141. The van der Waals surface area contributed by atoms with E-state index in [1.54, 1.807) is 4.90 Å². The van der Waals surface area contributed by atoms with Gasteiger partial charge in [0.25, 0.3) is 5.91 Å². The molecule has 5 nitrogen and oxygen atoms in total. The number of nitrogens with zero attached hydrogens (tertiary/aromatic N) is 1. The Morgan fingerprint density at radius 3 is 2.84 bits per heavy atom. The lowest BCUT2D eigenvalue weighted by Crippen LogP contribution is -2.48. The van der Waals surface area contributed by atoms with E-state index in [4.69, 9.17) is 15.2 Å². The maximum Gasteiger partial charge on any atom is 0.260 e. The summed E-state index contributed by atoms with van der Waals surface area (Å²) in [5.41, 5.74) is 6.56. The summed E-state index contributed by atoms with van der Waals surface area (Å²) in [6.45, 7) is 4.37. The zero-order valence-electron chi connectivity index (χ0n) is 11.2. The minimum absolute atomic E-state index is 0.00120. The van der Waals surface area contributed by atoms with Gasteiger partial charge in [0.15, 0.2) is 6.61 Å². The van der Waals surface area contributed by atoms with E-state index in [1.807, 2.05) is 31.2 Å². The number of hydrogen-bond donors (Lipinski definition) is 1. The fourth-order valence-electron chi connectivity index (χ4n) is 2.05. The quantitative estimate of drug-likeness (QED) is 0.872. The van der Waals surface area contributed by atoms with Gasteiger partial charge in [-0.3, -0.25) is 4.79 Å². The fourth-order valence-corrected chi connectivity index (χ4v) is 2.05. The third kappa shape index (κ3) is 3.68. The number of rotatable bonds is 4. The van der Waals surface area contributed by atoms with Crippen LogP contribution in [0.5, 0.6) is 5.75 Å². The van der Waals surface area contributed by atoms with Crippen molar-refractivity contribution in [2.24, 2.45) is 5.73 Å². The molecule has 104 valence electrons. The average Bonchev–Trinajstić information content (AvgIpc) is 2.46. The largest absolute Gasteiger partial charge is 0.484 e. The van der Waals surface area contributed by atoms with Crippen LogP contribution in [-0.4, -0.2) is 43.2 Å². The Morgan fingerprint density at radius 1 is 1.47 bits per heavy atom. The first-order valence-corrected chi connectivity index (χ1v) is 6.49. The topological polar surface area (TPSA) is 64.8 Å². The van der Waals surface area contributed by atoms with E-state index >= 15 is 0 Å². The second kappa shape index (κ2) is 6.54. The van der Waals surface area contributed by atoms with Crippen LogP contribution in [-0.2, 0) is 16.1 Å². The first-order chi connectivity index (χ1) is 9.20. The summed E-state index contributed by atoms with van der Waals surface area (Å²) in [6, 6.07) is 7.58. The smallest absolute Gasteiger partial charge is 0.260 e. The van der Waals surface area contributed by atoms with Gasteiger partial charge in [0.2, 0.25) is 0 Å². The number of hydrogen-bond acceptors (Lipinski definition) is 4. The zero-order chi connectivity index (χ0) is 13.7. The van der Waals surface area contributed by atoms with E-state index in [9.17, 15) is 4.79 Å². The van der Waals surface area contributed by atoms with Gasteiger partial charge in [0.05, 0.1) is 19.3 Å². The molecule has 0 spiro atoms. The van der Waals surface area contributed by atoms with Gasteiger partial charge in [-0.1, -0.05) is 12.1 Å². The molecule has 0 saturated carbocycles. The minimum Gasteiger partial charge on any atom is -0.484 e. The molecule has 0 unspecified atom stereocenters. The molecular formula is C14H20N2O3. The highest BCUT2D eigenvalue weighted by Crippen LogP contribution is 2.13. The Hall–Kier alpha value is -1.59. The van der Waals surface area contributed by atoms with Crippen LogP contribution in [0.1, 0.15) is 12.5 Å². The molecule has 5 heteroatoms. The lowest BCUT2D eigenvalue weighted by Gasteiger charge is -2.33. The molecule has 1 saturated heterocycles. The second-order valence-electron chi connectivity index (χ2n) is 4.65. The summed E-state index contributed by atoms with van der Waals surface area (Å²) in [5, 5.41) is 0. The summed E-state index contributed by atoms with van der Waals surface area (Å²) in [5.74, 6) is 0.685. The van der Waals surface area contributed by atoms with Crippen LogP contribution in [0.4, 0.5) is 0 Å². The van der Waals surface area contributed by atoms with Gasteiger partial charge < -0.3 is 20.1 Å². The van der Waals surface area contributed by atoms with Crippen molar-refractivity contribution in [1.29, 1.82) is 0 Å². The normalized spacial score (nSPS) is 19.3. The van der Waals surface area contributed by atoms with Crippen molar-refractivity contribution in [3.05, 3.63) is 29.8 Å². The number of ether oxygens (including phenoxy) is 2. The Kier molecular flexibility index (Phi) is 4.76. The number of benzene rings is 1. The van der Waals surface area contributed by atoms with Gasteiger partial charge in [0.1, 0.15) is 5.75 Å². The lowest BCUT2D eigenvalue weighted by atomic mass is 10.2. The number of carbonyl (C=O) groups excluding carboxylic acids is 1. The van der Waals surface area contributed by atoms with Crippen molar-refractivity contribution in [3.8, 4) is 5.75 Å². The summed E-state index contributed by atoms with van der Waals surface area (Å²) < 4.78 is 10.8. The highest BCUT2D eigenvalue weighted by Gasteiger charge is 2.23. The predicted molar refractivity (Wildman–Crippen MR) is 71.8 cm³/mol. The molecule has 1 aromatic rings. The first kappa shape index (κ1) is 13.8. The molecule has 1 amide bonds. The number of morpholine rings is 1. The molecule has 19 heavy (non-hydrogen) atoms. The molecule has 0 bridgehead atoms. The van der Waals surface area contributed by atoms with E-state index in [0.29, 0.717) is 32.1 Å². The molecule has 1 atom stereocenters. The van der Waals surface area contributed by atoms with E-state index in [2.05, 4.69) is 0 Å². The van der Waals surface area contributed by atoms with E-state index in [1.165, 1.54) is 0 Å². The van der Waals surface area contributed by atoms with Gasteiger partial charge in [-0.05, 0) is 24.6 Å². The van der Waals surface area contributed by atoms with Crippen molar-refractivity contribution < 1.29 is 14.3 Å². The van der Waals surface area contributed by atoms with E-state index < -0.39 is 0 Å². The highest BCUT2D eigenvalue weighted by atomic mass is 16.5. The van der Waals surface area contributed by atoms with Crippen LogP contribution in [0.15, 0.2) is 24.3 Å². The molecular weight excluding hydrogens is 244 g/mol. The maximum absolute atomic E-state index is 12.0. The van der Waals surface area contributed by atoms with Crippen molar-refractivity contribution >= 4 is 5.91 Å². The van der Waals surface area contributed by atoms with Gasteiger partial charge in [0, 0.05) is 13.1 Å². The molecule has 0 aromatic heterocycles. The summed E-state index contributed by atoms with van der Waals surface area (Å²) in [4.78, 5) is 13.8. The standard InChI is InChI=1S/C14H20N2O3/c1-11-9-18-7-6-16(11)14(17)10-19-13-4-2-12(8-15)3-5-13/h2-5,11H,6-10,15H2,1H3/t11-/m1/s1. The Morgan fingerprint density at radius 2 is 2.21 bits per heavy atom. The highest BCUT2D eigenvalue weighted by molar-refractivity contribution is 5.78. The van der Waals surface area contributed by atoms with Crippen LogP contribution in [0, 0.1) is 0 Å². The fraction of sp³-hybridized carbons (Fsp3) is 0.500. The average molecular weight is 264 g/mol. The number of nitrogens with two attached hydrogens (primary N) is 1. The summed E-state index contributed by atoms with van der Waals surface area (Å²) >= 11 is 0. The van der Waals surface area contributed by atoms with Crippen molar-refractivity contribution in [2.45, 2.75) is 19.5 Å². The van der Waals surface area contributed by atoms with Crippen LogP contribution < -0.4 is 10.5 Å². The molecule has 1 aliphatic heterocycles. The number of amides is 1. The third-order valence-corrected chi connectivity index (χ3v) is 3.21. The second-order valence-corrected chi connectivity index (χ2v) is 4.65. The molecule has 1 heterocycles. The van der Waals surface area contributed by atoms with Crippen LogP contribution >= 0.6 is 0 Å². The third-order valence-electron chi connectivity index (χ3n) is 3.21. The van der Waals surface area contributed by atoms with Gasteiger partial charge >= 0.3 is 0 Å². The van der Waals surface area contributed by atoms with Crippen molar-refractivity contribution in [1.82, 2.24) is 4.90 Å². The SMILES string of the molecule is C[C@@H]1COCCN1C(=O)COc1ccc(CN)cc1. The van der Waals surface area contributed by atoms with Gasteiger partial charge in [-0.25, -0.2) is 0 Å². The maximum atomic E-state index is 12.0. The first-order valence-electron chi connectivity index (χ1n) is 6.49. The Bertz CT molecular complexity index is 419. The monoisotopic (exact) mass is 264 g/mol. The molecule has 1 fully saturated rings. The molecule has 1 aromatic carbocycles. The summed E-state index contributed by atoms with van der Waals surface area (Å²) in [7, 11) is 0. The molecule has 0 radical (unpaired) electrons. The Balaban J connectivity index is 1.85. The molecule has 2 rings (SSSR count). The van der Waals surface area contributed by atoms with Crippen molar-refractivity contribution in [2.75, 3.05) is 26.4 Å². The van der Waals surface area contributed by atoms with Crippen LogP contribution in [0.25, 0.3) is 0 Å². The zero-order valence-corrected chi connectivity index (χ0v) is 11.2.